The van der Waals surface area contributed by atoms with E-state index in [4.69, 9.17) is 11.6 Å². The van der Waals surface area contributed by atoms with Crippen molar-refractivity contribution in [2.45, 2.75) is 6.54 Å². The van der Waals surface area contributed by atoms with E-state index in [0.29, 0.717) is 17.3 Å². The van der Waals surface area contributed by atoms with Gasteiger partial charge in [-0.2, -0.15) is 5.10 Å². The zero-order valence-electron chi connectivity index (χ0n) is 9.63. The highest BCUT2D eigenvalue weighted by molar-refractivity contribution is 6.30. The molecule has 18 heavy (non-hydrogen) atoms. The summed E-state index contributed by atoms with van der Waals surface area (Å²) in [6, 6.07) is 6.37. The summed E-state index contributed by atoms with van der Waals surface area (Å²) in [5.74, 6) is 0. The predicted molar refractivity (Wildman–Crippen MR) is 68.6 cm³/mol. The quantitative estimate of drug-likeness (QED) is 0.682. The van der Waals surface area contributed by atoms with E-state index >= 15 is 0 Å². The molecule has 0 unspecified atom stereocenters. The third kappa shape index (κ3) is 2.60. The van der Waals surface area contributed by atoms with Crippen molar-refractivity contribution in [2.24, 2.45) is 7.05 Å². The molecule has 1 N–H and O–H groups in total. The predicted octanol–water partition coefficient (Wildman–Crippen LogP) is 2.59. The van der Waals surface area contributed by atoms with Crippen molar-refractivity contribution in [3.63, 3.8) is 0 Å². The van der Waals surface area contributed by atoms with Crippen LogP contribution in [0, 0.1) is 10.1 Å². The number of anilines is 1. The van der Waals surface area contributed by atoms with Gasteiger partial charge >= 0.3 is 0 Å². The fraction of sp³-hybridized carbons (Fsp3) is 0.182. The van der Waals surface area contributed by atoms with Crippen LogP contribution in [0.4, 0.5) is 11.4 Å². The highest BCUT2D eigenvalue weighted by Gasteiger charge is 2.14. The van der Waals surface area contributed by atoms with Gasteiger partial charge in [-0.1, -0.05) is 11.6 Å². The third-order valence-corrected chi connectivity index (χ3v) is 2.77. The van der Waals surface area contributed by atoms with E-state index in [-0.39, 0.29) is 5.69 Å². The van der Waals surface area contributed by atoms with Gasteiger partial charge in [0.25, 0.3) is 5.69 Å². The molecule has 2 rings (SSSR count). The van der Waals surface area contributed by atoms with E-state index in [1.54, 1.807) is 23.0 Å². The van der Waals surface area contributed by atoms with Crippen molar-refractivity contribution in [1.82, 2.24) is 9.78 Å². The van der Waals surface area contributed by atoms with E-state index < -0.39 is 4.92 Å². The topological polar surface area (TPSA) is 73.0 Å². The number of hydrogen-bond donors (Lipinski definition) is 1. The second kappa shape index (κ2) is 5.05. The van der Waals surface area contributed by atoms with Gasteiger partial charge in [0.1, 0.15) is 5.69 Å². The maximum atomic E-state index is 10.9. The summed E-state index contributed by atoms with van der Waals surface area (Å²) in [7, 11) is 1.81. The fourth-order valence-corrected chi connectivity index (χ4v) is 1.73. The Bertz CT molecular complexity index is 582. The maximum Gasteiger partial charge on any atom is 0.293 e. The number of nitro benzene ring substituents is 1. The van der Waals surface area contributed by atoms with E-state index in [0.717, 1.165) is 5.69 Å². The SMILES string of the molecule is Cn1nccc1CNc1ccc(Cl)cc1[N+](=O)[O-]. The largest absolute Gasteiger partial charge is 0.374 e. The molecule has 0 radical (unpaired) electrons. The molecule has 0 aliphatic heterocycles. The molecule has 1 aromatic carbocycles. The first-order valence-electron chi connectivity index (χ1n) is 5.22. The molecule has 0 amide bonds. The Balaban J connectivity index is 2.19. The Morgan fingerprint density at radius 2 is 2.28 bits per heavy atom. The summed E-state index contributed by atoms with van der Waals surface area (Å²) in [6.07, 6.45) is 1.67. The second-order valence-electron chi connectivity index (χ2n) is 3.72. The third-order valence-electron chi connectivity index (χ3n) is 2.54. The molecule has 0 atom stereocenters. The molecular weight excluding hydrogens is 256 g/mol. The first kappa shape index (κ1) is 12.4. The molecule has 0 aliphatic rings. The number of halogens is 1. The standard InChI is InChI=1S/C11H11ClN4O2/c1-15-9(4-5-14-15)7-13-10-3-2-8(12)6-11(10)16(17)18/h2-6,13H,7H2,1H3. The second-order valence-corrected chi connectivity index (χ2v) is 4.15. The summed E-state index contributed by atoms with van der Waals surface area (Å²) in [5.41, 5.74) is 1.33. The number of aromatic nitrogens is 2. The molecule has 0 aliphatic carbocycles. The van der Waals surface area contributed by atoms with Crippen molar-refractivity contribution < 1.29 is 4.92 Å². The van der Waals surface area contributed by atoms with Crippen LogP contribution in [-0.2, 0) is 13.6 Å². The zero-order chi connectivity index (χ0) is 13.1. The molecule has 1 aromatic heterocycles. The summed E-state index contributed by atoms with van der Waals surface area (Å²) < 4.78 is 1.70. The molecule has 0 fully saturated rings. The number of aryl methyl sites for hydroxylation is 1. The van der Waals surface area contributed by atoms with Gasteiger partial charge in [0.15, 0.2) is 0 Å². The molecule has 2 aromatic rings. The number of rotatable bonds is 4. The van der Waals surface area contributed by atoms with Crippen molar-refractivity contribution in [2.75, 3.05) is 5.32 Å². The first-order valence-corrected chi connectivity index (χ1v) is 5.60. The Kier molecular flexibility index (Phi) is 3.47. The van der Waals surface area contributed by atoms with Gasteiger partial charge in [0, 0.05) is 24.3 Å². The Hall–Kier alpha value is -2.08. The van der Waals surface area contributed by atoms with Gasteiger partial charge in [0.05, 0.1) is 17.2 Å². The van der Waals surface area contributed by atoms with Crippen LogP contribution < -0.4 is 5.32 Å². The Morgan fingerprint density at radius 1 is 1.50 bits per heavy atom. The van der Waals surface area contributed by atoms with Crippen molar-refractivity contribution in [3.8, 4) is 0 Å². The van der Waals surface area contributed by atoms with Crippen LogP contribution >= 0.6 is 11.6 Å². The van der Waals surface area contributed by atoms with Crippen LogP contribution in [0.1, 0.15) is 5.69 Å². The van der Waals surface area contributed by atoms with Crippen molar-refractivity contribution >= 4 is 23.0 Å². The number of nitrogens with zero attached hydrogens (tertiary/aromatic N) is 3. The van der Waals surface area contributed by atoms with Crippen molar-refractivity contribution in [1.29, 1.82) is 0 Å². The average molecular weight is 267 g/mol. The van der Waals surface area contributed by atoms with Crippen LogP contribution in [0.3, 0.4) is 0 Å². The minimum Gasteiger partial charge on any atom is -0.374 e. The van der Waals surface area contributed by atoms with E-state index in [1.165, 1.54) is 6.07 Å². The molecular formula is C11H11ClN4O2. The lowest BCUT2D eigenvalue weighted by Crippen LogP contribution is -2.06. The lowest BCUT2D eigenvalue weighted by Gasteiger charge is -2.07. The minimum atomic E-state index is -0.461. The number of nitro groups is 1. The van der Waals surface area contributed by atoms with Gasteiger partial charge in [-0.3, -0.25) is 14.8 Å². The van der Waals surface area contributed by atoms with Crippen LogP contribution in [0.25, 0.3) is 0 Å². The molecule has 94 valence electrons. The van der Waals surface area contributed by atoms with Crippen molar-refractivity contribution in [3.05, 3.63) is 51.3 Å². The summed E-state index contributed by atoms with van der Waals surface area (Å²) in [4.78, 5) is 10.4. The lowest BCUT2D eigenvalue weighted by molar-refractivity contribution is -0.383. The highest BCUT2D eigenvalue weighted by atomic mass is 35.5. The Labute approximate surface area is 108 Å². The van der Waals surface area contributed by atoms with Crippen LogP contribution in [0.2, 0.25) is 5.02 Å². The van der Waals surface area contributed by atoms with E-state index in [1.807, 2.05) is 13.1 Å². The molecule has 0 saturated carbocycles. The van der Waals surface area contributed by atoms with Crippen LogP contribution in [0.5, 0.6) is 0 Å². The van der Waals surface area contributed by atoms with Crippen LogP contribution in [0.15, 0.2) is 30.5 Å². The molecule has 0 saturated heterocycles. The monoisotopic (exact) mass is 266 g/mol. The van der Waals surface area contributed by atoms with E-state index in [2.05, 4.69) is 10.4 Å². The lowest BCUT2D eigenvalue weighted by atomic mass is 10.2. The van der Waals surface area contributed by atoms with Gasteiger partial charge in [-0.05, 0) is 18.2 Å². The molecule has 1 heterocycles. The summed E-state index contributed by atoms with van der Waals surface area (Å²) >= 11 is 5.74. The van der Waals surface area contributed by atoms with Gasteiger partial charge < -0.3 is 5.32 Å². The molecule has 0 spiro atoms. The van der Waals surface area contributed by atoms with E-state index in [9.17, 15) is 10.1 Å². The number of nitrogens with one attached hydrogen (secondary N) is 1. The molecule has 0 bridgehead atoms. The Morgan fingerprint density at radius 3 is 2.89 bits per heavy atom. The van der Waals surface area contributed by atoms with Gasteiger partial charge in [-0.25, -0.2) is 0 Å². The number of hydrogen-bond acceptors (Lipinski definition) is 4. The number of benzene rings is 1. The molecule has 7 heteroatoms. The van der Waals surface area contributed by atoms with Gasteiger partial charge in [0.2, 0.25) is 0 Å². The maximum absolute atomic E-state index is 10.9. The molecule has 6 nitrogen and oxygen atoms in total. The highest BCUT2D eigenvalue weighted by Crippen LogP contribution is 2.27. The smallest absolute Gasteiger partial charge is 0.293 e. The zero-order valence-corrected chi connectivity index (χ0v) is 10.4. The normalized spacial score (nSPS) is 10.3. The summed E-state index contributed by atoms with van der Waals surface area (Å²) in [6.45, 7) is 0.457. The van der Waals surface area contributed by atoms with Gasteiger partial charge in [-0.15, -0.1) is 0 Å². The first-order chi connectivity index (χ1) is 8.58. The average Bonchev–Trinajstić information content (AvgIpc) is 2.73. The minimum absolute atomic E-state index is 0.0373. The van der Waals surface area contributed by atoms with Crippen LogP contribution in [-0.4, -0.2) is 14.7 Å². The summed E-state index contributed by atoms with van der Waals surface area (Å²) in [5, 5.41) is 18.3. The fourth-order valence-electron chi connectivity index (χ4n) is 1.57.